The van der Waals surface area contributed by atoms with Crippen molar-refractivity contribution in [2.45, 2.75) is 27.7 Å². The van der Waals surface area contributed by atoms with Crippen LogP contribution in [-0.2, 0) is 11.8 Å². The summed E-state index contributed by atoms with van der Waals surface area (Å²) in [6.07, 6.45) is 6.83. The molecule has 6 heteroatoms. The molecule has 0 fully saturated rings. The molecule has 0 atom stereocenters. The first kappa shape index (κ1) is 18.2. The third-order valence-corrected chi connectivity index (χ3v) is 3.67. The van der Waals surface area contributed by atoms with Crippen LogP contribution < -0.4 is 10.6 Å². The predicted octanol–water partition coefficient (Wildman–Crippen LogP) is 1.23. The van der Waals surface area contributed by atoms with E-state index in [4.69, 9.17) is 6.42 Å². The molecule has 1 heterocycles. The minimum Gasteiger partial charge on any atom is -0.343 e. The van der Waals surface area contributed by atoms with Crippen LogP contribution in [0.3, 0.4) is 0 Å². The Morgan fingerprint density at radius 1 is 1.30 bits per heavy atom. The number of Topliss-reactive ketones (excluding diaryl/α,β-unsaturated/α-hetero) is 1. The Bertz CT molecular complexity index is 733. The number of carbonyl (C=O) groups is 3. The number of rotatable bonds is 5. The van der Waals surface area contributed by atoms with Crippen molar-refractivity contribution in [3.63, 3.8) is 0 Å². The predicted molar refractivity (Wildman–Crippen MR) is 88.0 cm³/mol. The van der Waals surface area contributed by atoms with Crippen LogP contribution in [0.5, 0.6) is 0 Å². The lowest BCUT2D eigenvalue weighted by Gasteiger charge is -2.07. The number of hydrogen-bond acceptors (Lipinski definition) is 3. The fraction of sp³-hybridized carbons (Fsp3) is 0.353. The number of nitrogens with one attached hydrogen (secondary N) is 2. The third kappa shape index (κ3) is 3.69. The normalized spacial score (nSPS) is 10.9. The molecule has 1 rings (SSSR count). The van der Waals surface area contributed by atoms with Gasteiger partial charge in [0.25, 0.3) is 17.6 Å². The molecule has 1 aromatic heterocycles. The number of carbonyl (C=O) groups excluding carboxylic acids is 3. The summed E-state index contributed by atoms with van der Waals surface area (Å²) in [7, 11) is 1.68. The van der Waals surface area contributed by atoms with Crippen LogP contribution in [0.25, 0.3) is 0 Å². The summed E-state index contributed by atoms with van der Waals surface area (Å²) in [6.45, 7) is 6.89. The quantitative estimate of drug-likeness (QED) is 0.487. The molecule has 23 heavy (non-hydrogen) atoms. The minimum absolute atomic E-state index is 0.0245. The van der Waals surface area contributed by atoms with Crippen molar-refractivity contribution >= 4 is 17.6 Å². The highest BCUT2D eigenvalue weighted by Crippen LogP contribution is 2.22. The number of aromatic nitrogens is 1. The van der Waals surface area contributed by atoms with E-state index < -0.39 is 11.7 Å². The van der Waals surface area contributed by atoms with E-state index in [1.54, 1.807) is 38.5 Å². The maximum Gasteiger partial charge on any atom is 0.293 e. The average molecular weight is 315 g/mol. The van der Waals surface area contributed by atoms with Gasteiger partial charge in [-0.15, -0.1) is 6.42 Å². The van der Waals surface area contributed by atoms with Crippen molar-refractivity contribution < 1.29 is 14.4 Å². The van der Waals surface area contributed by atoms with Gasteiger partial charge in [0, 0.05) is 18.4 Å². The molecular weight excluding hydrogens is 294 g/mol. The van der Waals surface area contributed by atoms with Crippen molar-refractivity contribution in [1.29, 1.82) is 0 Å². The van der Waals surface area contributed by atoms with Crippen LogP contribution in [-0.4, -0.2) is 28.7 Å². The van der Waals surface area contributed by atoms with Crippen molar-refractivity contribution in [3.8, 4) is 12.3 Å². The van der Waals surface area contributed by atoms with Gasteiger partial charge >= 0.3 is 0 Å². The van der Waals surface area contributed by atoms with Gasteiger partial charge in [-0.25, -0.2) is 0 Å². The second-order valence-corrected chi connectivity index (χ2v) is 5.13. The molecule has 0 aliphatic carbocycles. The first-order chi connectivity index (χ1) is 10.8. The number of allylic oxidation sites excluding steroid dienone is 2. The van der Waals surface area contributed by atoms with E-state index in [9.17, 15) is 14.4 Å². The SMILES string of the molecule is C#CCNC(=O)C(=O)c1c(C)c(C(=O)N/C(C)=C/C)n(C)c1C. The molecule has 0 aliphatic heterocycles. The Balaban J connectivity index is 3.26. The summed E-state index contributed by atoms with van der Waals surface area (Å²) >= 11 is 0. The smallest absolute Gasteiger partial charge is 0.293 e. The van der Waals surface area contributed by atoms with Crippen LogP contribution >= 0.6 is 0 Å². The van der Waals surface area contributed by atoms with Crippen LogP contribution in [0, 0.1) is 26.2 Å². The van der Waals surface area contributed by atoms with Crippen LogP contribution in [0.2, 0.25) is 0 Å². The molecule has 0 radical (unpaired) electrons. The number of terminal acetylenes is 1. The van der Waals surface area contributed by atoms with Gasteiger partial charge in [0.1, 0.15) is 5.69 Å². The Labute approximate surface area is 135 Å². The Kier molecular flexibility index (Phi) is 5.91. The van der Waals surface area contributed by atoms with E-state index in [0.29, 0.717) is 22.6 Å². The fourth-order valence-corrected chi connectivity index (χ4v) is 2.27. The lowest BCUT2D eigenvalue weighted by atomic mass is 10.0. The molecule has 2 amide bonds. The van der Waals surface area contributed by atoms with Gasteiger partial charge in [-0.2, -0.15) is 0 Å². The zero-order valence-electron chi connectivity index (χ0n) is 14.0. The third-order valence-electron chi connectivity index (χ3n) is 3.67. The molecule has 0 bridgehead atoms. The van der Waals surface area contributed by atoms with Gasteiger partial charge in [0.2, 0.25) is 0 Å². The van der Waals surface area contributed by atoms with Gasteiger partial charge in [0.05, 0.1) is 12.1 Å². The van der Waals surface area contributed by atoms with Gasteiger partial charge in [-0.1, -0.05) is 12.0 Å². The van der Waals surface area contributed by atoms with E-state index in [-0.39, 0.29) is 18.0 Å². The van der Waals surface area contributed by atoms with E-state index >= 15 is 0 Å². The molecule has 1 aromatic rings. The Morgan fingerprint density at radius 2 is 1.91 bits per heavy atom. The maximum absolute atomic E-state index is 12.4. The zero-order chi connectivity index (χ0) is 17.7. The number of nitrogens with zero attached hydrogens (tertiary/aromatic N) is 1. The molecule has 0 aliphatic rings. The molecule has 2 N–H and O–H groups in total. The molecule has 0 unspecified atom stereocenters. The first-order valence-electron chi connectivity index (χ1n) is 7.12. The highest BCUT2D eigenvalue weighted by atomic mass is 16.2. The van der Waals surface area contributed by atoms with Crippen molar-refractivity contribution in [3.05, 3.63) is 34.3 Å². The summed E-state index contributed by atoms with van der Waals surface area (Å²) in [4.78, 5) is 36.5. The highest BCUT2D eigenvalue weighted by Gasteiger charge is 2.28. The topological polar surface area (TPSA) is 80.2 Å². The van der Waals surface area contributed by atoms with Gasteiger partial charge in [-0.3, -0.25) is 14.4 Å². The largest absolute Gasteiger partial charge is 0.343 e. The monoisotopic (exact) mass is 315 g/mol. The fourth-order valence-electron chi connectivity index (χ4n) is 2.27. The Morgan fingerprint density at radius 3 is 2.43 bits per heavy atom. The van der Waals surface area contributed by atoms with Gasteiger partial charge < -0.3 is 15.2 Å². The summed E-state index contributed by atoms with van der Waals surface area (Å²) in [6, 6.07) is 0. The van der Waals surface area contributed by atoms with E-state index in [1.165, 1.54) is 0 Å². The zero-order valence-corrected chi connectivity index (χ0v) is 14.0. The molecule has 122 valence electrons. The lowest BCUT2D eigenvalue weighted by Crippen LogP contribution is -2.31. The van der Waals surface area contributed by atoms with Crippen molar-refractivity contribution in [2.75, 3.05) is 6.54 Å². The summed E-state index contributed by atoms with van der Waals surface area (Å²) < 4.78 is 1.61. The van der Waals surface area contributed by atoms with Crippen molar-refractivity contribution in [1.82, 2.24) is 15.2 Å². The average Bonchev–Trinajstić information content (AvgIpc) is 2.73. The number of amides is 2. The summed E-state index contributed by atoms with van der Waals surface area (Å²) in [5.41, 5.74) is 2.29. The number of ketones is 1. The molecule has 0 saturated heterocycles. The number of hydrogen-bond donors (Lipinski definition) is 2. The molecule has 0 aromatic carbocycles. The summed E-state index contributed by atoms with van der Waals surface area (Å²) in [5.74, 6) is 0.428. The van der Waals surface area contributed by atoms with Crippen LogP contribution in [0.15, 0.2) is 11.8 Å². The minimum atomic E-state index is -0.781. The summed E-state index contributed by atoms with van der Waals surface area (Å²) in [5, 5.41) is 5.07. The van der Waals surface area contributed by atoms with Crippen molar-refractivity contribution in [2.24, 2.45) is 7.05 Å². The Hall–Kier alpha value is -2.81. The van der Waals surface area contributed by atoms with Crippen LogP contribution in [0.4, 0.5) is 0 Å². The molecule has 0 spiro atoms. The van der Waals surface area contributed by atoms with Gasteiger partial charge in [-0.05, 0) is 33.3 Å². The first-order valence-corrected chi connectivity index (χ1v) is 7.12. The highest BCUT2D eigenvalue weighted by molar-refractivity contribution is 6.43. The van der Waals surface area contributed by atoms with E-state index in [2.05, 4.69) is 16.6 Å². The lowest BCUT2D eigenvalue weighted by molar-refractivity contribution is -0.116. The van der Waals surface area contributed by atoms with E-state index in [0.717, 1.165) is 0 Å². The van der Waals surface area contributed by atoms with Gasteiger partial charge in [0.15, 0.2) is 0 Å². The van der Waals surface area contributed by atoms with Crippen LogP contribution in [0.1, 0.15) is 46.0 Å². The maximum atomic E-state index is 12.4. The standard InChI is InChI=1S/C17H21N3O3/c1-7-9-18-17(23)15(21)13-11(4)14(20(6)12(13)5)16(22)19-10(3)8-2/h1,8H,9H2,2-6H3,(H,18,23)(H,19,22)/b10-8+. The molecule has 6 nitrogen and oxygen atoms in total. The molecular formula is C17H21N3O3. The second kappa shape index (κ2) is 7.45. The van der Waals surface area contributed by atoms with E-state index in [1.807, 2.05) is 6.92 Å². The molecule has 0 saturated carbocycles. The second-order valence-electron chi connectivity index (χ2n) is 5.13.